The van der Waals surface area contributed by atoms with Crippen molar-refractivity contribution in [1.82, 2.24) is 9.97 Å². The average Bonchev–Trinajstić information content (AvgIpc) is 2.40. The number of benzene rings is 1. The molecule has 0 atom stereocenters. The van der Waals surface area contributed by atoms with E-state index in [4.69, 9.17) is 11.0 Å². The summed E-state index contributed by atoms with van der Waals surface area (Å²) in [6.45, 7) is 0.554. The summed E-state index contributed by atoms with van der Waals surface area (Å²) in [5, 5.41) is 8.73. The van der Waals surface area contributed by atoms with Gasteiger partial charge in [0.05, 0.1) is 24.9 Å². The number of aromatic nitrogens is 2. The molecule has 0 amide bonds. The van der Waals surface area contributed by atoms with Crippen molar-refractivity contribution in [1.29, 1.82) is 5.26 Å². The standard InChI is InChI=1S/C13H13N5/c14-7-4-8-18(11-5-2-1-3-6-11)13-10-16-9-12(15)17-13/h1-3,5-6,9-10H,4,8H2,(H2,15,17). The summed E-state index contributed by atoms with van der Waals surface area (Å²) >= 11 is 0. The van der Waals surface area contributed by atoms with Gasteiger partial charge < -0.3 is 10.6 Å². The van der Waals surface area contributed by atoms with Gasteiger partial charge in [0.15, 0.2) is 5.82 Å². The predicted molar refractivity (Wildman–Crippen MR) is 70.1 cm³/mol. The molecule has 0 unspecified atom stereocenters. The fraction of sp³-hybridized carbons (Fsp3) is 0.154. The largest absolute Gasteiger partial charge is 0.382 e. The lowest BCUT2D eigenvalue weighted by Gasteiger charge is -2.22. The lowest BCUT2D eigenvalue weighted by atomic mass is 10.2. The molecule has 2 aromatic rings. The fourth-order valence-electron chi connectivity index (χ4n) is 1.65. The van der Waals surface area contributed by atoms with Crippen LogP contribution in [0.3, 0.4) is 0 Å². The van der Waals surface area contributed by atoms with Crippen molar-refractivity contribution in [3.8, 4) is 6.07 Å². The SMILES string of the molecule is N#CCCN(c1ccccc1)c1cncc(N)n1. The van der Waals surface area contributed by atoms with E-state index in [1.165, 1.54) is 6.20 Å². The highest BCUT2D eigenvalue weighted by atomic mass is 15.2. The molecule has 0 radical (unpaired) electrons. The molecule has 1 heterocycles. The van der Waals surface area contributed by atoms with E-state index < -0.39 is 0 Å². The number of hydrogen-bond acceptors (Lipinski definition) is 5. The maximum atomic E-state index is 8.73. The summed E-state index contributed by atoms with van der Waals surface area (Å²) in [5.41, 5.74) is 6.60. The minimum Gasteiger partial charge on any atom is -0.382 e. The number of nitrogens with two attached hydrogens (primary N) is 1. The van der Waals surface area contributed by atoms with Crippen molar-refractivity contribution in [2.45, 2.75) is 6.42 Å². The third-order valence-electron chi connectivity index (χ3n) is 2.43. The van der Waals surface area contributed by atoms with Crippen molar-refractivity contribution in [2.24, 2.45) is 0 Å². The Morgan fingerprint density at radius 1 is 1.22 bits per heavy atom. The number of para-hydroxylation sites is 1. The maximum absolute atomic E-state index is 8.73. The van der Waals surface area contributed by atoms with E-state index in [0.717, 1.165) is 5.69 Å². The fourth-order valence-corrected chi connectivity index (χ4v) is 1.65. The number of anilines is 3. The van der Waals surface area contributed by atoms with Crippen LogP contribution in [0.5, 0.6) is 0 Å². The van der Waals surface area contributed by atoms with Gasteiger partial charge in [-0.15, -0.1) is 0 Å². The van der Waals surface area contributed by atoms with Crippen LogP contribution >= 0.6 is 0 Å². The normalized spacial score (nSPS) is 9.72. The quantitative estimate of drug-likeness (QED) is 0.883. The first-order chi connectivity index (χ1) is 8.81. The van der Waals surface area contributed by atoms with Crippen molar-refractivity contribution in [3.05, 3.63) is 42.7 Å². The highest BCUT2D eigenvalue weighted by molar-refractivity contribution is 5.60. The third kappa shape index (κ3) is 2.74. The summed E-state index contributed by atoms with van der Waals surface area (Å²) in [6, 6.07) is 11.9. The van der Waals surface area contributed by atoms with Gasteiger partial charge in [0.2, 0.25) is 0 Å². The number of hydrogen-bond donors (Lipinski definition) is 1. The van der Waals surface area contributed by atoms with Crippen LogP contribution in [-0.2, 0) is 0 Å². The Hall–Kier alpha value is -2.61. The predicted octanol–water partition coefficient (Wildman–Crippen LogP) is 2.11. The Morgan fingerprint density at radius 2 is 2.00 bits per heavy atom. The van der Waals surface area contributed by atoms with E-state index in [-0.39, 0.29) is 0 Å². The summed E-state index contributed by atoms with van der Waals surface area (Å²) in [4.78, 5) is 10.2. The van der Waals surface area contributed by atoms with Gasteiger partial charge in [-0.25, -0.2) is 4.98 Å². The topological polar surface area (TPSA) is 78.8 Å². The smallest absolute Gasteiger partial charge is 0.154 e. The molecular weight excluding hydrogens is 226 g/mol. The van der Waals surface area contributed by atoms with E-state index in [1.54, 1.807) is 6.20 Å². The Balaban J connectivity index is 2.34. The molecule has 0 aliphatic rings. The molecule has 90 valence electrons. The van der Waals surface area contributed by atoms with E-state index in [2.05, 4.69) is 16.0 Å². The number of nitrogens with zero attached hydrogens (tertiary/aromatic N) is 4. The van der Waals surface area contributed by atoms with E-state index >= 15 is 0 Å². The molecule has 18 heavy (non-hydrogen) atoms. The molecule has 0 saturated carbocycles. The van der Waals surface area contributed by atoms with E-state index in [1.807, 2.05) is 35.2 Å². The van der Waals surface area contributed by atoms with Gasteiger partial charge in [0.25, 0.3) is 0 Å². The molecule has 2 N–H and O–H groups in total. The zero-order valence-corrected chi connectivity index (χ0v) is 9.82. The van der Waals surface area contributed by atoms with Crippen molar-refractivity contribution in [2.75, 3.05) is 17.2 Å². The minimum absolute atomic E-state index is 0.366. The molecule has 0 bridgehead atoms. The second-order valence-corrected chi connectivity index (χ2v) is 3.70. The van der Waals surface area contributed by atoms with Crippen LogP contribution in [0.15, 0.2) is 42.7 Å². The highest BCUT2D eigenvalue weighted by Crippen LogP contribution is 2.23. The molecule has 0 saturated heterocycles. The Morgan fingerprint density at radius 3 is 2.67 bits per heavy atom. The maximum Gasteiger partial charge on any atom is 0.154 e. The van der Waals surface area contributed by atoms with Gasteiger partial charge >= 0.3 is 0 Å². The Kier molecular flexibility index (Phi) is 3.72. The Labute approximate surface area is 106 Å². The molecule has 1 aromatic heterocycles. The van der Waals surface area contributed by atoms with Crippen LogP contribution in [0.2, 0.25) is 0 Å². The first-order valence-electron chi connectivity index (χ1n) is 5.58. The summed E-state index contributed by atoms with van der Waals surface area (Å²) in [7, 11) is 0. The van der Waals surface area contributed by atoms with Crippen LogP contribution in [0.4, 0.5) is 17.3 Å². The molecule has 0 aliphatic heterocycles. The van der Waals surface area contributed by atoms with Crippen molar-refractivity contribution < 1.29 is 0 Å². The van der Waals surface area contributed by atoms with Gasteiger partial charge in [-0.05, 0) is 12.1 Å². The zero-order chi connectivity index (χ0) is 12.8. The lowest BCUT2D eigenvalue weighted by Crippen LogP contribution is -2.19. The van der Waals surface area contributed by atoms with Crippen LogP contribution < -0.4 is 10.6 Å². The van der Waals surface area contributed by atoms with E-state index in [9.17, 15) is 0 Å². The molecule has 2 rings (SSSR count). The van der Waals surface area contributed by atoms with Crippen LogP contribution in [-0.4, -0.2) is 16.5 Å². The Bertz CT molecular complexity index is 547. The molecule has 0 fully saturated rings. The van der Waals surface area contributed by atoms with Crippen LogP contribution in [0, 0.1) is 11.3 Å². The van der Waals surface area contributed by atoms with Gasteiger partial charge in [-0.3, -0.25) is 4.98 Å². The second-order valence-electron chi connectivity index (χ2n) is 3.70. The second kappa shape index (κ2) is 5.64. The third-order valence-corrected chi connectivity index (χ3v) is 2.43. The van der Waals surface area contributed by atoms with Gasteiger partial charge in [0.1, 0.15) is 5.82 Å². The van der Waals surface area contributed by atoms with Crippen molar-refractivity contribution in [3.63, 3.8) is 0 Å². The molecule has 0 spiro atoms. The number of rotatable bonds is 4. The van der Waals surface area contributed by atoms with Crippen molar-refractivity contribution >= 4 is 17.3 Å². The van der Waals surface area contributed by atoms with Crippen LogP contribution in [0.25, 0.3) is 0 Å². The molecule has 5 heteroatoms. The summed E-state index contributed by atoms with van der Waals surface area (Å²) < 4.78 is 0. The average molecular weight is 239 g/mol. The van der Waals surface area contributed by atoms with Gasteiger partial charge in [0, 0.05) is 12.2 Å². The monoisotopic (exact) mass is 239 g/mol. The first kappa shape index (κ1) is 11.9. The molecule has 1 aromatic carbocycles. The van der Waals surface area contributed by atoms with E-state index in [0.29, 0.717) is 24.6 Å². The van der Waals surface area contributed by atoms with Gasteiger partial charge in [-0.1, -0.05) is 18.2 Å². The number of nitriles is 1. The lowest BCUT2D eigenvalue weighted by molar-refractivity contribution is 0.921. The molecule has 0 aliphatic carbocycles. The minimum atomic E-state index is 0.366. The molecular formula is C13H13N5. The highest BCUT2D eigenvalue weighted by Gasteiger charge is 2.10. The molecule has 5 nitrogen and oxygen atoms in total. The summed E-state index contributed by atoms with van der Waals surface area (Å²) in [6.07, 6.45) is 3.54. The first-order valence-corrected chi connectivity index (χ1v) is 5.58. The number of nitrogen functional groups attached to an aromatic ring is 1. The summed E-state index contributed by atoms with van der Waals surface area (Å²) in [5.74, 6) is 1.02. The zero-order valence-electron chi connectivity index (χ0n) is 9.82. The van der Waals surface area contributed by atoms with Crippen LogP contribution in [0.1, 0.15) is 6.42 Å². The van der Waals surface area contributed by atoms with Gasteiger partial charge in [-0.2, -0.15) is 5.26 Å².